The van der Waals surface area contributed by atoms with E-state index in [2.05, 4.69) is 20.7 Å². The highest BCUT2D eigenvalue weighted by Crippen LogP contribution is 2.20. The molecule has 2 aromatic rings. The highest BCUT2D eigenvalue weighted by molar-refractivity contribution is 9.10. The summed E-state index contributed by atoms with van der Waals surface area (Å²) in [5.41, 5.74) is 0. The van der Waals surface area contributed by atoms with E-state index in [9.17, 15) is 12.8 Å². The van der Waals surface area contributed by atoms with Crippen molar-refractivity contribution >= 4 is 37.3 Å². The monoisotopic (exact) mass is 377 g/mol. The van der Waals surface area contributed by atoms with Gasteiger partial charge in [-0.05, 0) is 43.0 Å². The van der Waals surface area contributed by atoms with Crippen LogP contribution in [-0.2, 0) is 16.4 Å². The van der Waals surface area contributed by atoms with Gasteiger partial charge in [0.2, 0.25) is 10.0 Å². The average Bonchev–Trinajstić information content (AvgIpc) is 2.79. The Morgan fingerprint density at radius 2 is 2.15 bits per heavy atom. The average molecular weight is 378 g/mol. The first-order chi connectivity index (χ1) is 9.38. The Bertz CT molecular complexity index is 686. The lowest BCUT2D eigenvalue weighted by atomic mass is 10.2. The van der Waals surface area contributed by atoms with Crippen LogP contribution >= 0.6 is 27.3 Å². The zero-order valence-corrected chi connectivity index (χ0v) is 13.9. The summed E-state index contributed by atoms with van der Waals surface area (Å²) in [6, 6.07) is 7.44. The van der Waals surface area contributed by atoms with Crippen molar-refractivity contribution in [3.05, 3.63) is 50.9 Å². The van der Waals surface area contributed by atoms with Crippen LogP contribution < -0.4 is 4.72 Å². The van der Waals surface area contributed by atoms with Crippen LogP contribution in [0.15, 0.2) is 45.1 Å². The number of rotatable bonds is 5. The molecule has 0 bridgehead atoms. The van der Waals surface area contributed by atoms with Crippen molar-refractivity contribution < 1.29 is 12.8 Å². The Kier molecular flexibility index (Phi) is 4.95. The molecule has 0 spiro atoms. The van der Waals surface area contributed by atoms with Crippen LogP contribution in [0, 0.1) is 5.82 Å². The lowest BCUT2D eigenvalue weighted by Gasteiger charge is -2.14. The molecule has 1 heterocycles. The van der Waals surface area contributed by atoms with Crippen molar-refractivity contribution in [2.24, 2.45) is 0 Å². The maximum Gasteiger partial charge on any atom is 0.243 e. The molecular weight excluding hydrogens is 365 g/mol. The molecule has 3 nitrogen and oxygen atoms in total. The quantitative estimate of drug-likeness (QED) is 0.865. The normalized spacial score (nSPS) is 13.3. The van der Waals surface area contributed by atoms with Crippen LogP contribution in [0.4, 0.5) is 4.39 Å². The summed E-state index contributed by atoms with van der Waals surface area (Å²) in [5, 5.41) is 1.94. The topological polar surface area (TPSA) is 46.2 Å². The van der Waals surface area contributed by atoms with E-state index < -0.39 is 15.8 Å². The molecule has 1 aromatic carbocycles. The van der Waals surface area contributed by atoms with Crippen molar-refractivity contribution in [1.82, 2.24) is 4.72 Å². The van der Waals surface area contributed by atoms with Gasteiger partial charge >= 0.3 is 0 Å². The minimum absolute atomic E-state index is 0.304. The first kappa shape index (κ1) is 15.6. The summed E-state index contributed by atoms with van der Waals surface area (Å²) in [5.74, 6) is -0.768. The van der Waals surface area contributed by atoms with E-state index in [-0.39, 0.29) is 10.9 Å². The van der Waals surface area contributed by atoms with Crippen molar-refractivity contribution in [2.75, 3.05) is 0 Å². The number of thiophene rings is 1. The molecule has 20 heavy (non-hydrogen) atoms. The van der Waals surface area contributed by atoms with Crippen molar-refractivity contribution in [2.45, 2.75) is 24.3 Å². The van der Waals surface area contributed by atoms with Crippen molar-refractivity contribution in [1.29, 1.82) is 0 Å². The van der Waals surface area contributed by atoms with E-state index in [1.807, 2.05) is 17.5 Å². The summed E-state index contributed by atoms with van der Waals surface area (Å²) in [7, 11) is -3.85. The van der Waals surface area contributed by atoms with Gasteiger partial charge in [0.05, 0.1) is 0 Å². The molecule has 1 aromatic heterocycles. The molecule has 1 N–H and O–H groups in total. The zero-order chi connectivity index (χ0) is 14.8. The molecule has 0 aliphatic rings. The van der Waals surface area contributed by atoms with E-state index in [1.165, 1.54) is 12.1 Å². The largest absolute Gasteiger partial charge is 0.243 e. The smallest absolute Gasteiger partial charge is 0.208 e. The highest BCUT2D eigenvalue weighted by Gasteiger charge is 2.21. The molecule has 1 unspecified atom stereocenters. The molecule has 1 atom stereocenters. The molecule has 0 fully saturated rings. The van der Waals surface area contributed by atoms with Crippen LogP contribution in [0.1, 0.15) is 11.8 Å². The van der Waals surface area contributed by atoms with Gasteiger partial charge < -0.3 is 0 Å². The molecule has 0 saturated carbocycles. The molecule has 0 amide bonds. The minimum Gasteiger partial charge on any atom is -0.208 e. The number of benzene rings is 1. The first-order valence-electron chi connectivity index (χ1n) is 5.88. The third-order valence-corrected chi connectivity index (χ3v) is 5.64. The van der Waals surface area contributed by atoms with Gasteiger partial charge in [0.15, 0.2) is 0 Å². The molecule has 7 heteroatoms. The van der Waals surface area contributed by atoms with E-state index in [0.29, 0.717) is 10.9 Å². The second kappa shape index (κ2) is 6.34. The summed E-state index contributed by atoms with van der Waals surface area (Å²) >= 11 is 4.66. The SMILES string of the molecule is CC(Cc1cccs1)NS(=O)(=O)c1ccc(Br)cc1F. The van der Waals surface area contributed by atoms with E-state index >= 15 is 0 Å². The fourth-order valence-corrected chi connectivity index (χ4v) is 4.26. The van der Waals surface area contributed by atoms with Gasteiger partial charge in [-0.3, -0.25) is 0 Å². The van der Waals surface area contributed by atoms with Gasteiger partial charge in [-0.25, -0.2) is 17.5 Å². The fourth-order valence-electron chi connectivity index (χ4n) is 1.79. The van der Waals surface area contributed by atoms with Gasteiger partial charge in [-0.1, -0.05) is 22.0 Å². The maximum atomic E-state index is 13.7. The summed E-state index contributed by atoms with van der Waals surface area (Å²) in [6.45, 7) is 1.76. The summed E-state index contributed by atoms with van der Waals surface area (Å²) in [4.78, 5) is 0.746. The second-order valence-electron chi connectivity index (χ2n) is 4.38. The van der Waals surface area contributed by atoms with Gasteiger partial charge in [0.25, 0.3) is 0 Å². The Labute approximate surface area is 130 Å². The van der Waals surface area contributed by atoms with E-state index in [4.69, 9.17) is 0 Å². The molecule has 0 saturated heterocycles. The number of hydrogen-bond donors (Lipinski definition) is 1. The number of sulfonamides is 1. The molecule has 108 valence electrons. The van der Waals surface area contributed by atoms with Crippen LogP contribution in [0.25, 0.3) is 0 Å². The Hall–Kier alpha value is -0.760. The van der Waals surface area contributed by atoms with Crippen LogP contribution in [-0.4, -0.2) is 14.5 Å². The van der Waals surface area contributed by atoms with Gasteiger partial charge in [-0.15, -0.1) is 11.3 Å². The number of nitrogens with one attached hydrogen (secondary N) is 1. The van der Waals surface area contributed by atoms with Crippen LogP contribution in [0.2, 0.25) is 0 Å². The summed E-state index contributed by atoms with van der Waals surface area (Å²) in [6.07, 6.45) is 0.578. The molecule has 0 aliphatic carbocycles. The maximum absolute atomic E-state index is 13.7. The molecule has 0 aliphatic heterocycles. The standard InChI is InChI=1S/C13H13BrFNO2S2/c1-9(7-11-3-2-6-19-11)16-20(17,18)13-5-4-10(14)8-12(13)15/h2-6,8-9,16H,7H2,1H3. The van der Waals surface area contributed by atoms with Gasteiger partial charge in [-0.2, -0.15) is 0 Å². The summed E-state index contributed by atoms with van der Waals surface area (Å²) < 4.78 is 41.0. The Morgan fingerprint density at radius 3 is 2.75 bits per heavy atom. The Balaban J connectivity index is 2.14. The van der Waals surface area contributed by atoms with Crippen LogP contribution in [0.3, 0.4) is 0 Å². The first-order valence-corrected chi connectivity index (χ1v) is 9.04. The molecule has 2 rings (SSSR count). The second-order valence-corrected chi connectivity index (χ2v) is 8.01. The van der Waals surface area contributed by atoms with Crippen LogP contribution in [0.5, 0.6) is 0 Å². The highest BCUT2D eigenvalue weighted by atomic mass is 79.9. The lowest BCUT2D eigenvalue weighted by Crippen LogP contribution is -2.34. The lowest BCUT2D eigenvalue weighted by molar-refractivity contribution is 0.542. The zero-order valence-electron chi connectivity index (χ0n) is 10.6. The third-order valence-electron chi connectivity index (χ3n) is 2.63. The third kappa shape index (κ3) is 3.88. The number of halogens is 2. The Morgan fingerprint density at radius 1 is 1.40 bits per heavy atom. The fraction of sp³-hybridized carbons (Fsp3) is 0.231. The van der Waals surface area contributed by atoms with Crippen molar-refractivity contribution in [3.8, 4) is 0 Å². The molecular formula is C13H13BrFNO2S2. The van der Waals surface area contributed by atoms with E-state index in [0.717, 1.165) is 10.9 Å². The van der Waals surface area contributed by atoms with Crippen molar-refractivity contribution in [3.63, 3.8) is 0 Å². The predicted molar refractivity (Wildman–Crippen MR) is 81.9 cm³/mol. The van der Waals surface area contributed by atoms with E-state index in [1.54, 1.807) is 18.3 Å². The number of hydrogen-bond acceptors (Lipinski definition) is 3. The predicted octanol–water partition coefficient (Wildman–Crippen LogP) is 3.56. The van der Waals surface area contributed by atoms with Gasteiger partial charge in [0.1, 0.15) is 10.7 Å². The molecule has 0 radical (unpaired) electrons. The minimum atomic E-state index is -3.85. The van der Waals surface area contributed by atoms with Gasteiger partial charge in [0, 0.05) is 15.4 Å².